The van der Waals surface area contributed by atoms with Crippen molar-refractivity contribution in [3.05, 3.63) is 77.8 Å². The van der Waals surface area contributed by atoms with Crippen molar-refractivity contribution < 1.29 is 14.0 Å². The number of nitrogens with zero attached hydrogens (tertiary/aromatic N) is 2. The topological polar surface area (TPSA) is 89.2 Å². The van der Waals surface area contributed by atoms with Crippen molar-refractivity contribution in [3.8, 4) is 0 Å². The highest BCUT2D eigenvalue weighted by molar-refractivity contribution is 5.94. The van der Waals surface area contributed by atoms with E-state index in [1.807, 2.05) is 6.07 Å². The highest BCUT2D eigenvalue weighted by atomic mass is 16.3. The minimum atomic E-state index is -0.256. The molecule has 0 unspecified atom stereocenters. The van der Waals surface area contributed by atoms with E-state index in [4.69, 9.17) is 4.42 Å². The largest absolute Gasteiger partial charge is 0.467 e. The molecule has 25 heavy (non-hydrogen) atoms. The van der Waals surface area contributed by atoms with Crippen LogP contribution in [-0.2, 0) is 20.1 Å². The second-order valence-electron chi connectivity index (χ2n) is 5.57. The summed E-state index contributed by atoms with van der Waals surface area (Å²) >= 11 is 0. The van der Waals surface area contributed by atoms with Gasteiger partial charge in [0.15, 0.2) is 0 Å². The van der Waals surface area contributed by atoms with Crippen molar-refractivity contribution in [2.45, 2.75) is 13.1 Å². The quantitative estimate of drug-likeness (QED) is 0.718. The number of furan rings is 1. The van der Waals surface area contributed by atoms with Crippen LogP contribution in [0, 0.1) is 0 Å². The van der Waals surface area contributed by atoms with Crippen molar-refractivity contribution in [2.24, 2.45) is 7.05 Å². The predicted molar refractivity (Wildman–Crippen MR) is 90.7 cm³/mol. The van der Waals surface area contributed by atoms with E-state index in [9.17, 15) is 9.59 Å². The van der Waals surface area contributed by atoms with Gasteiger partial charge in [-0.15, -0.1) is 0 Å². The molecule has 3 rings (SSSR count). The maximum absolute atomic E-state index is 12.2. The summed E-state index contributed by atoms with van der Waals surface area (Å²) in [7, 11) is 1.80. The van der Waals surface area contributed by atoms with Gasteiger partial charge in [-0.25, -0.2) is 4.98 Å². The molecule has 3 aromatic rings. The number of imidazole rings is 1. The van der Waals surface area contributed by atoms with E-state index in [2.05, 4.69) is 15.6 Å². The molecule has 0 radical (unpaired) electrons. The number of carbonyl (C=O) groups is 2. The number of aromatic nitrogens is 2. The van der Waals surface area contributed by atoms with Gasteiger partial charge in [0.1, 0.15) is 11.5 Å². The van der Waals surface area contributed by atoms with Crippen LogP contribution in [-0.4, -0.2) is 21.4 Å². The van der Waals surface area contributed by atoms with E-state index < -0.39 is 0 Å². The Morgan fingerprint density at radius 3 is 2.68 bits per heavy atom. The molecule has 0 bridgehead atoms. The molecule has 128 valence electrons. The number of nitrogens with one attached hydrogen (secondary N) is 2. The lowest BCUT2D eigenvalue weighted by molar-refractivity contribution is 0.0941. The summed E-state index contributed by atoms with van der Waals surface area (Å²) in [5, 5.41) is 5.58. The van der Waals surface area contributed by atoms with Crippen molar-refractivity contribution in [1.29, 1.82) is 0 Å². The number of rotatable bonds is 6. The second kappa shape index (κ2) is 7.48. The van der Waals surface area contributed by atoms with Crippen LogP contribution in [0.5, 0.6) is 0 Å². The van der Waals surface area contributed by atoms with Gasteiger partial charge in [0.05, 0.1) is 19.1 Å². The molecule has 0 aliphatic carbocycles. The predicted octanol–water partition coefficient (Wildman–Crippen LogP) is 1.87. The molecule has 1 aromatic carbocycles. The molecule has 2 N–H and O–H groups in total. The number of benzene rings is 1. The maximum atomic E-state index is 12.2. The SMILES string of the molecule is Cn1cnc(C(=O)NCc2cccc(C(=O)NCc3ccco3)c2)c1. The van der Waals surface area contributed by atoms with Gasteiger partial charge in [-0.05, 0) is 29.8 Å². The van der Waals surface area contributed by atoms with Crippen LogP contribution in [0.1, 0.15) is 32.2 Å². The summed E-state index contributed by atoms with van der Waals surface area (Å²) in [4.78, 5) is 28.2. The van der Waals surface area contributed by atoms with E-state index in [-0.39, 0.29) is 11.8 Å². The zero-order chi connectivity index (χ0) is 17.6. The molecule has 2 heterocycles. The first kappa shape index (κ1) is 16.5. The van der Waals surface area contributed by atoms with E-state index in [1.54, 1.807) is 60.7 Å². The first-order valence-electron chi connectivity index (χ1n) is 7.77. The fourth-order valence-corrected chi connectivity index (χ4v) is 2.31. The standard InChI is InChI=1S/C18H18N4O3/c1-22-11-16(21-12-22)18(24)19-9-13-4-2-5-14(8-13)17(23)20-10-15-6-3-7-25-15/h2-8,11-12H,9-10H2,1H3,(H,19,24)(H,20,23). The zero-order valence-electron chi connectivity index (χ0n) is 13.7. The third kappa shape index (κ3) is 4.35. The number of hydrogen-bond acceptors (Lipinski definition) is 4. The second-order valence-corrected chi connectivity index (χ2v) is 5.57. The highest BCUT2D eigenvalue weighted by Crippen LogP contribution is 2.07. The van der Waals surface area contributed by atoms with Gasteiger partial charge in [-0.1, -0.05) is 12.1 Å². The summed E-state index contributed by atoms with van der Waals surface area (Å²) in [6, 6.07) is 10.7. The van der Waals surface area contributed by atoms with Gasteiger partial charge in [0, 0.05) is 25.4 Å². The van der Waals surface area contributed by atoms with E-state index in [0.717, 1.165) is 5.56 Å². The average Bonchev–Trinajstić information content (AvgIpc) is 3.29. The summed E-state index contributed by atoms with van der Waals surface area (Å²) in [5.74, 6) is 0.231. The Morgan fingerprint density at radius 1 is 1.12 bits per heavy atom. The smallest absolute Gasteiger partial charge is 0.271 e. The van der Waals surface area contributed by atoms with Crippen LogP contribution < -0.4 is 10.6 Å². The molecule has 2 amide bonds. The molecule has 0 saturated heterocycles. The van der Waals surface area contributed by atoms with Crippen molar-refractivity contribution in [3.63, 3.8) is 0 Å². The summed E-state index contributed by atoms with van der Waals surface area (Å²) in [6.07, 6.45) is 4.78. The number of aryl methyl sites for hydroxylation is 1. The van der Waals surface area contributed by atoms with E-state index in [0.29, 0.717) is 30.1 Å². The third-order valence-electron chi connectivity index (χ3n) is 3.58. The molecule has 0 fully saturated rings. The van der Waals surface area contributed by atoms with Crippen LogP contribution in [0.3, 0.4) is 0 Å². The molecular weight excluding hydrogens is 320 g/mol. The van der Waals surface area contributed by atoms with Gasteiger partial charge in [-0.3, -0.25) is 9.59 Å². The lowest BCUT2D eigenvalue weighted by Crippen LogP contribution is -2.24. The zero-order valence-corrected chi connectivity index (χ0v) is 13.7. The molecular formula is C18H18N4O3. The van der Waals surface area contributed by atoms with Crippen LogP contribution >= 0.6 is 0 Å². The Hall–Kier alpha value is -3.35. The minimum absolute atomic E-state index is 0.200. The number of carbonyl (C=O) groups excluding carboxylic acids is 2. The Kier molecular flexibility index (Phi) is 4.94. The normalized spacial score (nSPS) is 10.4. The summed E-state index contributed by atoms with van der Waals surface area (Å²) in [5.41, 5.74) is 1.71. The van der Waals surface area contributed by atoms with Gasteiger partial charge in [-0.2, -0.15) is 0 Å². The van der Waals surface area contributed by atoms with Gasteiger partial charge < -0.3 is 19.6 Å². The third-order valence-corrected chi connectivity index (χ3v) is 3.58. The van der Waals surface area contributed by atoms with Gasteiger partial charge in [0.2, 0.25) is 0 Å². The summed E-state index contributed by atoms with van der Waals surface area (Å²) in [6.45, 7) is 0.640. The monoisotopic (exact) mass is 338 g/mol. The van der Waals surface area contributed by atoms with Gasteiger partial charge in [0.25, 0.3) is 11.8 Å². The average molecular weight is 338 g/mol. The molecule has 7 nitrogen and oxygen atoms in total. The Balaban J connectivity index is 1.57. The molecule has 0 saturated carbocycles. The minimum Gasteiger partial charge on any atom is -0.467 e. The van der Waals surface area contributed by atoms with Crippen molar-refractivity contribution >= 4 is 11.8 Å². The van der Waals surface area contributed by atoms with E-state index >= 15 is 0 Å². The van der Waals surface area contributed by atoms with Crippen LogP contribution in [0.2, 0.25) is 0 Å². The molecule has 0 aliphatic rings. The van der Waals surface area contributed by atoms with Crippen LogP contribution in [0.4, 0.5) is 0 Å². The maximum Gasteiger partial charge on any atom is 0.271 e. The highest BCUT2D eigenvalue weighted by Gasteiger charge is 2.10. The Labute approximate surface area is 144 Å². The van der Waals surface area contributed by atoms with E-state index in [1.165, 1.54) is 0 Å². The Bertz CT molecular complexity index is 868. The summed E-state index contributed by atoms with van der Waals surface area (Å²) < 4.78 is 6.89. The number of amides is 2. The van der Waals surface area contributed by atoms with Crippen LogP contribution in [0.25, 0.3) is 0 Å². The fraction of sp³-hybridized carbons (Fsp3) is 0.167. The van der Waals surface area contributed by atoms with Crippen molar-refractivity contribution in [1.82, 2.24) is 20.2 Å². The fourth-order valence-electron chi connectivity index (χ4n) is 2.31. The van der Waals surface area contributed by atoms with Gasteiger partial charge >= 0.3 is 0 Å². The first-order chi connectivity index (χ1) is 12.1. The number of hydrogen-bond donors (Lipinski definition) is 2. The molecule has 7 heteroatoms. The first-order valence-corrected chi connectivity index (χ1v) is 7.77. The van der Waals surface area contributed by atoms with Crippen LogP contribution in [0.15, 0.2) is 59.6 Å². The van der Waals surface area contributed by atoms with Crippen molar-refractivity contribution in [2.75, 3.05) is 0 Å². The Morgan fingerprint density at radius 2 is 1.96 bits per heavy atom. The molecule has 0 spiro atoms. The molecule has 0 atom stereocenters. The lowest BCUT2D eigenvalue weighted by Gasteiger charge is -2.07. The lowest BCUT2D eigenvalue weighted by atomic mass is 10.1. The molecule has 0 aliphatic heterocycles. The molecule has 2 aromatic heterocycles.